The molecule has 3 aliphatic heterocycles. The highest BCUT2D eigenvalue weighted by Gasteiger charge is 2.56. The molecule has 0 aliphatic carbocycles. The highest BCUT2D eigenvalue weighted by Crippen LogP contribution is 2.54. The highest BCUT2D eigenvalue weighted by molar-refractivity contribution is 8.01. The number of quaternary nitrogens is 1. The lowest BCUT2D eigenvalue weighted by Crippen LogP contribution is -2.60. The van der Waals surface area contributed by atoms with E-state index in [1.165, 1.54) is 23.8 Å². The predicted octanol–water partition coefficient (Wildman–Crippen LogP) is -0.601. The lowest BCUT2D eigenvalue weighted by atomic mass is 9.96. The van der Waals surface area contributed by atoms with E-state index in [-0.39, 0.29) is 41.4 Å². The number of thiazole rings is 1. The number of aliphatic hydroxyl groups excluding tert-OH is 2. The van der Waals surface area contributed by atoms with Crippen molar-refractivity contribution in [2.24, 2.45) is 5.16 Å². The first-order chi connectivity index (χ1) is 17.5. The van der Waals surface area contributed by atoms with Crippen LogP contribution in [0.2, 0.25) is 0 Å². The maximum absolute atomic E-state index is 12.9. The highest BCUT2D eigenvalue weighted by atomic mass is 32.2. The number of nitrogens with one attached hydrogen (secondary N) is 1. The molecule has 1 aromatic rings. The molecule has 4 heterocycles. The molecule has 37 heavy (non-hydrogen) atoms. The summed E-state index contributed by atoms with van der Waals surface area (Å²) in [6.45, 7) is 0.663. The van der Waals surface area contributed by atoms with Crippen molar-refractivity contribution >= 4 is 52.2 Å². The van der Waals surface area contributed by atoms with Crippen molar-refractivity contribution in [3.63, 3.8) is 0 Å². The molecule has 1 aromatic heterocycles. The molecule has 2 unspecified atom stereocenters. The van der Waals surface area contributed by atoms with Gasteiger partial charge in [0.05, 0.1) is 37.7 Å². The number of aromatic nitrogens is 1. The van der Waals surface area contributed by atoms with Crippen LogP contribution in [0.4, 0.5) is 5.13 Å². The summed E-state index contributed by atoms with van der Waals surface area (Å²) >= 11 is 2.31. The average molecular weight is 554 g/mol. The summed E-state index contributed by atoms with van der Waals surface area (Å²) in [5.41, 5.74) is 6.08. The molecule has 15 heteroatoms. The molecule has 200 valence electrons. The number of aliphatic hydroxyl groups is 2. The Hall–Kier alpha value is -2.98. The number of carboxylic acids is 1. The summed E-state index contributed by atoms with van der Waals surface area (Å²) in [5.74, 6) is -2.35. The molecule has 2 saturated heterocycles. The molecule has 6 N–H and O–H groups in total. The van der Waals surface area contributed by atoms with Crippen LogP contribution in [-0.4, -0.2) is 105 Å². The minimum Gasteiger partial charge on any atom is -0.477 e. The van der Waals surface area contributed by atoms with Gasteiger partial charge >= 0.3 is 5.97 Å². The Morgan fingerprint density at radius 1 is 1.49 bits per heavy atom. The maximum Gasteiger partial charge on any atom is 0.353 e. The lowest BCUT2D eigenvalue weighted by molar-refractivity contribution is -0.917. The first-order valence-electron chi connectivity index (χ1n) is 11.4. The molecule has 0 bridgehead atoms. The van der Waals surface area contributed by atoms with Gasteiger partial charge in [0.2, 0.25) is 5.91 Å². The Balaban J connectivity index is 1.84. The minimum absolute atomic E-state index is 0.0901. The second kappa shape index (κ2) is 10.4. The number of oxime groups is 1. The smallest absolute Gasteiger partial charge is 0.353 e. The minimum atomic E-state index is -1.50. The Bertz CT molecular complexity index is 1190. The molecule has 2 fully saturated rings. The maximum atomic E-state index is 12.9. The lowest BCUT2D eigenvalue weighted by Gasteiger charge is -2.50. The van der Waals surface area contributed by atoms with Crippen LogP contribution in [0.25, 0.3) is 0 Å². The van der Waals surface area contributed by atoms with E-state index < -0.39 is 28.2 Å². The van der Waals surface area contributed by atoms with Gasteiger partial charge < -0.3 is 35.7 Å². The first-order valence-corrected chi connectivity index (χ1v) is 13.2. The van der Waals surface area contributed by atoms with E-state index in [1.807, 2.05) is 7.05 Å². The number of carboxylic acid groups (broad SMARTS) is 1. The molecule has 0 aromatic carbocycles. The summed E-state index contributed by atoms with van der Waals surface area (Å²) < 4.78 is 0.339. The molecule has 5 atom stereocenters. The number of likely N-dealkylation sites (N-methyl/N-ethyl adjacent to an activating group) is 1. The van der Waals surface area contributed by atoms with Gasteiger partial charge in [-0.1, -0.05) is 23.0 Å². The van der Waals surface area contributed by atoms with Gasteiger partial charge in [0, 0.05) is 17.4 Å². The second-order valence-electron chi connectivity index (χ2n) is 9.24. The molecular weight excluding hydrogens is 524 g/mol. The van der Waals surface area contributed by atoms with Crippen molar-refractivity contribution in [3.05, 3.63) is 34.5 Å². The van der Waals surface area contributed by atoms with E-state index in [2.05, 4.69) is 20.3 Å². The fourth-order valence-corrected chi connectivity index (χ4v) is 7.35. The van der Waals surface area contributed by atoms with Crippen molar-refractivity contribution in [1.29, 1.82) is 0 Å². The monoisotopic (exact) mass is 553 g/mol. The van der Waals surface area contributed by atoms with Gasteiger partial charge in [0.15, 0.2) is 10.0 Å². The van der Waals surface area contributed by atoms with E-state index in [1.54, 1.807) is 17.5 Å². The number of nitrogens with two attached hydrogens (primary N) is 1. The fourth-order valence-electron chi connectivity index (χ4n) is 5.02. The van der Waals surface area contributed by atoms with Crippen LogP contribution in [0.3, 0.4) is 0 Å². The SMILES string of the molecule is CON=CC(=O)NC1(c2csc(N)n2)S[C@H]2CC(=O)N2C(C(=O)O)=C1/C=C\C[N+]1(C)C[C@H](O)C[C@H]1CO. The van der Waals surface area contributed by atoms with Crippen LogP contribution in [0, 0.1) is 0 Å². The zero-order valence-electron chi connectivity index (χ0n) is 20.2. The summed E-state index contributed by atoms with van der Waals surface area (Å²) in [6.07, 6.45) is 4.18. The van der Waals surface area contributed by atoms with E-state index in [0.29, 0.717) is 29.7 Å². The number of aliphatic carboxylic acids is 1. The first kappa shape index (κ1) is 27.1. The number of hydrogen-bond donors (Lipinski definition) is 5. The van der Waals surface area contributed by atoms with Crippen molar-refractivity contribution in [2.75, 3.05) is 39.6 Å². The Kier molecular flexibility index (Phi) is 7.62. The Morgan fingerprint density at radius 3 is 2.84 bits per heavy atom. The van der Waals surface area contributed by atoms with Gasteiger partial charge in [-0.3, -0.25) is 14.5 Å². The second-order valence-corrected chi connectivity index (χ2v) is 11.5. The van der Waals surface area contributed by atoms with Crippen LogP contribution in [-0.2, 0) is 24.1 Å². The molecule has 2 amide bonds. The molecule has 13 nitrogen and oxygen atoms in total. The molecule has 3 aliphatic rings. The van der Waals surface area contributed by atoms with Crippen LogP contribution >= 0.6 is 23.1 Å². The van der Waals surface area contributed by atoms with Gasteiger partial charge in [-0.25, -0.2) is 9.78 Å². The number of carbonyl (C=O) groups is 3. The zero-order valence-corrected chi connectivity index (χ0v) is 21.9. The summed E-state index contributed by atoms with van der Waals surface area (Å²) in [7, 11) is 3.18. The van der Waals surface area contributed by atoms with Crippen molar-refractivity contribution < 1.29 is 39.0 Å². The zero-order chi connectivity index (χ0) is 27.0. The van der Waals surface area contributed by atoms with Crippen molar-refractivity contribution in [1.82, 2.24) is 15.2 Å². The van der Waals surface area contributed by atoms with Gasteiger partial charge in [-0.2, -0.15) is 0 Å². The summed E-state index contributed by atoms with van der Waals surface area (Å²) in [6, 6.07) is -0.192. The Morgan fingerprint density at radius 2 is 2.24 bits per heavy atom. The number of nitrogens with zero attached hydrogens (tertiary/aromatic N) is 4. The largest absolute Gasteiger partial charge is 0.477 e. The quantitative estimate of drug-likeness (QED) is 0.114. The number of hydrogen-bond acceptors (Lipinski definition) is 11. The van der Waals surface area contributed by atoms with Crippen LogP contribution in [0.15, 0.2) is 34.0 Å². The van der Waals surface area contributed by atoms with Crippen LogP contribution in [0.1, 0.15) is 18.5 Å². The third-order valence-electron chi connectivity index (χ3n) is 6.83. The summed E-state index contributed by atoms with van der Waals surface area (Å²) in [4.78, 5) is 46.6. The van der Waals surface area contributed by atoms with E-state index >= 15 is 0 Å². The Labute approximate surface area is 220 Å². The number of carbonyl (C=O) groups excluding carboxylic acids is 2. The van der Waals surface area contributed by atoms with Gasteiger partial charge in [0.1, 0.15) is 37.7 Å². The average Bonchev–Trinajstić information content (AvgIpc) is 3.40. The van der Waals surface area contributed by atoms with Crippen LogP contribution < -0.4 is 11.1 Å². The van der Waals surface area contributed by atoms with Gasteiger partial charge in [0.25, 0.3) is 5.91 Å². The number of anilines is 1. The van der Waals surface area contributed by atoms with E-state index in [4.69, 9.17) is 5.73 Å². The normalized spacial score (nSPS) is 31.6. The number of rotatable bonds is 9. The molecule has 4 rings (SSSR count). The van der Waals surface area contributed by atoms with Gasteiger partial charge in [-0.15, -0.1) is 11.3 Å². The van der Waals surface area contributed by atoms with Crippen molar-refractivity contribution in [2.45, 2.75) is 35.2 Å². The number of fused-ring (bicyclic) bond motifs is 1. The molecule has 0 radical (unpaired) electrons. The number of nitrogen functional groups attached to an aromatic ring is 1. The number of β-lactam (4-membered cyclic amide) rings is 1. The fraction of sp³-hybridized carbons (Fsp3) is 0.500. The van der Waals surface area contributed by atoms with E-state index in [0.717, 1.165) is 17.6 Å². The number of amides is 2. The topological polar surface area (TPSA) is 188 Å². The third-order valence-corrected chi connectivity index (χ3v) is 9.03. The third kappa shape index (κ3) is 4.96. The molecular formula is C22H29N6O7S2+. The van der Waals surface area contributed by atoms with E-state index in [9.17, 15) is 29.7 Å². The van der Waals surface area contributed by atoms with Crippen LogP contribution in [0.5, 0.6) is 0 Å². The van der Waals surface area contributed by atoms with Gasteiger partial charge in [-0.05, 0) is 6.08 Å². The number of thioether (sulfide) groups is 1. The number of likely N-dealkylation sites (tertiary alicyclic amines) is 1. The molecule has 0 saturated carbocycles. The summed E-state index contributed by atoms with van der Waals surface area (Å²) in [5, 5.41) is 37.8. The molecule has 0 spiro atoms. The van der Waals surface area contributed by atoms with Crippen molar-refractivity contribution in [3.8, 4) is 0 Å². The predicted molar refractivity (Wildman–Crippen MR) is 136 cm³/mol. The standard InChI is InChI=1S/C22H28N6O7S2/c1-28(9-13(30)6-12(28)10-29)5-3-4-14-19(20(33)34)27-17(32)7-18(27)37-22(14,15-11-36-21(23)25-15)26-16(31)8-24-35-2/h3-4,8,11-13,18,29-30H,5-7,9-10H2,1-2H3,(H3-,23,25,26,31,33,34)/p+1/b4-3-,24-8?/t12-,13+,18-,22?,28?/m0/s1.